The molecule has 9 heterocycles. The van der Waals surface area contributed by atoms with E-state index in [0.717, 1.165) is 127 Å². The van der Waals surface area contributed by atoms with Crippen LogP contribution in [0.3, 0.4) is 0 Å². The highest BCUT2D eigenvalue weighted by Gasteiger charge is 2.51. The van der Waals surface area contributed by atoms with Crippen molar-refractivity contribution in [3.63, 3.8) is 0 Å². The number of nitrogens with one attached hydrogen (secondary N) is 2. The number of pyridine rings is 2. The number of aromatic nitrogens is 8. The first-order valence-electron chi connectivity index (χ1n) is 24.3. The topological polar surface area (TPSA) is 171 Å². The molecule has 3 saturated heterocycles. The first kappa shape index (κ1) is 48.8. The lowest BCUT2D eigenvalue weighted by molar-refractivity contribution is 0.00578. The lowest BCUT2D eigenvalue weighted by atomic mass is 9.80. The fourth-order valence-electron chi connectivity index (χ4n) is 9.08. The molecular weight excluding hydrogens is 951 g/mol. The molecule has 2 aromatic carbocycles. The summed E-state index contributed by atoms with van der Waals surface area (Å²) in [7, 11) is 3.09. The third kappa shape index (κ3) is 10.0. The minimum Gasteiger partial charge on any atom is -0.496 e. The van der Waals surface area contributed by atoms with E-state index in [4.69, 9.17) is 48.2 Å². The summed E-state index contributed by atoms with van der Waals surface area (Å²) in [5, 5.41) is 1.91. The molecule has 0 spiro atoms. The molecule has 0 saturated carbocycles. The zero-order valence-electron chi connectivity index (χ0n) is 41.4. The highest BCUT2D eigenvalue weighted by Crippen LogP contribution is 2.41. The lowest BCUT2D eigenvalue weighted by Crippen LogP contribution is -2.41. The molecule has 6 aromatic heterocycles. The quantitative estimate of drug-likeness (QED) is 0.124. The summed E-state index contributed by atoms with van der Waals surface area (Å²) in [6.07, 6.45) is 14.3. The number of aromatic amines is 2. The van der Waals surface area contributed by atoms with E-state index in [1.807, 2.05) is 84.0 Å². The monoisotopic (exact) mass is 1010 g/mol. The molecule has 0 radical (unpaired) electrons. The Morgan fingerprint density at radius 2 is 1.06 bits per heavy atom. The Balaban J connectivity index is 0.000000138. The van der Waals surface area contributed by atoms with Gasteiger partial charge in [-0.05, 0) is 145 Å². The molecule has 8 aromatic rings. The maximum absolute atomic E-state index is 5.91. The zero-order chi connectivity index (χ0) is 49.0. The van der Waals surface area contributed by atoms with Crippen LogP contribution in [0.25, 0.3) is 55.0 Å². The first-order chi connectivity index (χ1) is 33.9. The van der Waals surface area contributed by atoms with E-state index in [-0.39, 0.29) is 18.3 Å². The van der Waals surface area contributed by atoms with Crippen molar-refractivity contribution in [3.05, 3.63) is 77.8 Å². The van der Waals surface area contributed by atoms with Crippen molar-refractivity contribution in [2.75, 3.05) is 63.4 Å². The Labute approximate surface area is 417 Å². The molecule has 3 aliphatic heterocycles. The van der Waals surface area contributed by atoms with Gasteiger partial charge < -0.3 is 48.0 Å². The molecule has 2 N–H and O–H groups in total. The summed E-state index contributed by atoms with van der Waals surface area (Å²) in [6.45, 7) is 17.2. The van der Waals surface area contributed by atoms with E-state index >= 15 is 0 Å². The molecule has 0 atom stereocenters. The summed E-state index contributed by atoms with van der Waals surface area (Å²) in [4.78, 5) is 38.8. The van der Waals surface area contributed by atoms with Gasteiger partial charge in [0.25, 0.3) is 0 Å². The van der Waals surface area contributed by atoms with Gasteiger partial charge in [-0.1, -0.05) is 15.9 Å². The van der Waals surface area contributed by atoms with E-state index in [0.29, 0.717) is 25.0 Å². The maximum atomic E-state index is 5.91. The number of benzene rings is 2. The lowest BCUT2D eigenvalue weighted by Gasteiger charge is -2.32. The van der Waals surface area contributed by atoms with E-state index in [2.05, 4.69) is 51.7 Å². The van der Waals surface area contributed by atoms with Gasteiger partial charge in [-0.25, -0.2) is 9.97 Å². The van der Waals surface area contributed by atoms with Crippen LogP contribution < -0.4 is 34.2 Å². The average molecular weight is 1010 g/mol. The van der Waals surface area contributed by atoms with Gasteiger partial charge >= 0.3 is 7.12 Å². The van der Waals surface area contributed by atoms with Gasteiger partial charge in [-0.15, -0.1) is 0 Å². The van der Waals surface area contributed by atoms with Crippen molar-refractivity contribution >= 4 is 84.3 Å². The number of methoxy groups -OCH3 is 2. The summed E-state index contributed by atoms with van der Waals surface area (Å²) in [5.41, 5.74) is 7.79. The number of piperidine rings is 2. The fraction of sp³-hybridized carbons (Fsp3) is 0.423. The minimum atomic E-state index is -0.280. The summed E-state index contributed by atoms with van der Waals surface area (Å²) in [6, 6.07) is 16.0. The molecule has 0 amide bonds. The van der Waals surface area contributed by atoms with Crippen LogP contribution >= 0.6 is 15.9 Å². The Morgan fingerprint density at radius 1 is 0.600 bits per heavy atom. The Kier molecular flexibility index (Phi) is 14.6. The third-order valence-electron chi connectivity index (χ3n) is 13.4. The highest BCUT2D eigenvalue weighted by atomic mass is 79.9. The summed E-state index contributed by atoms with van der Waals surface area (Å²) >= 11 is 3.53. The molecule has 0 unspecified atom stereocenters. The van der Waals surface area contributed by atoms with Crippen LogP contribution in [-0.2, 0) is 9.31 Å². The van der Waals surface area contributed by atoms with Gasteiger partial charge in [0.1, 0.15) is 33.6 Å². The van der Waals surface area contributed by atoms with Crippen molar-refractivity contribution in [2.24, 2.45) is 0 Å². The minimum absolute atomic E-state index is 0.277. The number of hydrogen-bond donors (Lipinski definition) is 2. The van der Waals surface area contributed by atoms with Crippen LogP contribution in [0, 0.1) is 0 Å². The number of rotatable bonds is 10. The number of anilines is 2. The van der Waals surface area contributed by atoms with Crippen molar-refractivity contribution in [2.45, 2.75) is 91.3 Å². The number of hydrogen-bond acceptors (Lipinski definition) is 14. The van der Waals surface area contributed by atoms with E-state index in [9.17, 15) is 0 Å². The SMILES string of the molecule is CC1(C)OB(c2ccncc2)OC1(C)C.CCOc1nc(N2CCCCC2)nc2c1[nH]c1cc(-c3ccncc3)cc(OC)c12.CCOc1nc(N2CCCCC2)nc2c1[nH]c1cc(Br)cc(OC)c12. The Bertz CT molecular complexity index is 3050. The van der Waals surface area contributed by atoms with Gasteiger partial charge in [0.05, 0.1) is 60.4 Å². The zero-order valence-corrected chi connectivity index (χ0v) is 43.0. The number of H-pyrrole nitrogens is 2. The normalized spacial score (nSPS) is 16.5. The Morgan fingerprint density at radius 3 is 1.53 bits per heavy atom. The molecule has 70 heavy (non-hydrogen) atoms. The Hall–Kier alpha value is -6.24. The first-order valence-corrected chi connectivity index (χ1v) is 25.1. The second-order valence-electron chi connectivity index (χ2n) is 18.6. The van der Waals surface area contributed by atoms with Crippen LogP contribution in [-0.4, -0.2) is 112 Å². The molecular formula is C52H62BBrN10O6. The standard InChI is InChI=1S/C23H25N5O2.C18H21BrN4O2.C11H16BNO2/c1-3-30-22-21-20(26-23(27-22)28-11-5-4-6-12-28)19-17(25-21)13-16(14-18(19)29-2)15-7-9-24-10-8-15;1-3-25-17-16-15(21-18(22-17)23-7-5-4-6-8-23)14-12(20-16)9-11(19)10-13(14)24-2;1-10(2)11(3,4)15-12(14-10)9-5-7-13-8-6-9/h7-10,13-14,25H,3-6,11-12H2,1-2H3;9-10,20H,3-8H2,1-2H3;5-8H,1-4H3. The van der Waals surface area contributed by atoms with Gasteiger partial charge in [0, 0.05) is 55.4 Å². The molecule has 18 heteroatoms. The van der Waals surface area contributed by atoms with Gasteiger partial charge in [0.2, 0.25) is 23.7 Å². The largest absolute Gasteiger partial charge is 0.496 e. The predicted molar refractivity (Wildman–Crippen MR) is 281 cm³/mol. The number of nitrogens with zero attached hydrogens (tertiary/aromatic N) is 8. The molecule has 0 aliphatic carbocycles. The van der Waals surface area contributed by atoms with Gasteiger partial charge in [-0.2, -0.15) is 9.97 Å². The second kappa shape index (κ2) is 21.0. The molecule has 0 bridgehead atoms. The van der Waals surface area contributed by atoms with Crippen molar-refractivity contribution in [1.29, 1.82) is 0 Å². The second-order valence-corrected chi connectivity index (χ2v) is 19.5. The molecule has 366 valence electrons. The average Bonchev–Trinajstić information content (AvgIpc) is 4.02. The maximum Gasteiger partial charge on any atom is 0.494 e. The van der Waals surface area contributed by atoms with Crippen molar-refractivity contribution in [3.8, 4) is 34.4 Å². The highest BCUT2D eigenvalue weighted by molar-refractivity contribution is 9.10. The molecule has 16 nitrogen and oxygen atoms in total. The van der Waals surface area contributed by atoms with Gasteiger partial charge in [-0.3, -0.25) is 9.97 Å². The van der Waals surface area contributed by atoms with Gasteiger partial charge in [0.15, 0.2) is 0 Å². The van der Waals surface area contributed by atoms with E-state index in [1.165, 1.54) is 25.7 Å². The molecule has 3 fully saturated rings. The summed E-state index contributed by atoms with van der Waals surface area (Å²) < 4.78 is 35.9. The van der Waals surface area contributed by atoms with Crippen LogP contribution in [0.5, 0.6) is 23.3 Å². The number of fused-ring (bicyclic) bond motifs is 6. The van der Waals surface area contributed by atoms with Crippen LogP contribution in [0.2, 0.25) is 0 Å². The van der Waals surface area contributed by atoms with Crippen LogP contribution in [0.4, 0.5) is 11.9 Å². The molecule has 3 aliphatic rings. The fourth-order valence-corrected chi connectivity index (χ4v) is 9.52. The van der Waals surface area contributed by atoms with Crippen LogP contribution in [0.1, 0.15) is 80.1 Å². The smallest absolute Gasteiger partial charge is 0.494 e. The predicted octanol–water partition coefficient (Wildman–Crippen LogP) is 10.2. The van der Waals surface area contributed by atoms with Crippen LogP contribution in [0.15, 0.2) is 77.8 Å². The number of ether oxygens (including phenoxy) is 4. The van der Waals surface area contributed by atoms with Crippen molar-refractivity contribution in [1.82, 2.24) is 39.9 Å². The van der Waals surface area contributed by atoms with E-state index in [1.54, 1.807) is 39.0 Å². The summed E-state index contributed by atoms with van der Waals surface area (Å²) in [5.74, 6) is 4.21. The van der Waals surface area contributed by atoms with E-state index < -0.39 is 0 Å². The molecule has 11 rings (SSSR count). The third-order valence-corrected chi connectivity index (χ3v) is 13.9. The van der Waals surface area contributed by atoms with Crippen molar-refractivity contribution < 1.29 is 28.3 Å². The number of halogens is 1.